The van der Waals surface area contributed by atoms with Crippen molar-refractivity contribution in [1.82, 2.24) is 14.5 Å². The van der Waals surface area contributed by atoms with Crippen LogP contribution in [-0.4, -0.2) is 35.7 Å². The van der Waals surface area contributed by atoms with E-state index in [-0.39, 0.29) is 40.9 Å². The molecule has 0 radical (unpaired) electrons. The number of benzene rings is 3. The Morgan fingerprint density at radius 2 is 1.77 bits per heavy atom. The summed E-state index contributed by atoms with van der Waals surface area (Å²) in [4.78, 5) is 19.4. The Kier molecular flexibility index (Phi) is 9.38. The van der Waals surface area contributed by atoms with Crippen LogP contribution in [-0.2, 0) is 31.5 Å². The first-order chi connectivity index (χ1) is 20.5. The van der Waals surface area contributed by atoms with E-state index >= 15 is 4.39 Å². The summed E-state index contributed by atoms with van der Waals surface area (Å²) in [5.41, 5.74) is -2.53. The Balaban J connectivity index is 0.00000135. The van der Waals surface area contributed by atoms with E-state index in [0.29, 0.717) is 21.7 Å². The molecule has 1 amide bonds. The Labute approximate surface area is 255 Å². The first-order valence-electron chi connectivity index (χ1n) is 14.0. The number of halogens is 2. The van der Waals surface area contributed by atoms with Crippen molar-refractivity contribution in [3.05, 3.63) is 123 Å². The zero-order chi connectivity index (χ0) is 31.5. The number of carbonyl (C=O) groups excluding carboxylic acids is 1. The number of aryl methyl sites for hydroxylation is 1. The fraction of sp³-hybridized carbons (Fsp3) is 0.303. The molecule has 0 fully saturated rings. The minimum absolute atomic E-state index is 0.116. The van der Waals surface area contributed by atoms with Gasteiger partial charge < -0.3 is 19.9 Å². The van der Waals surface area contributed by atoms with Crippen molar-refractivity contribution in [2.75, 3.05) is 0 Å². The van der Waals surface area contributed by atoms with Crippen molar-refractivity contribution in [3.8, 4) is 6.07 Å². The number of nitrogens with zero attached hydrogens (tertiary/aromatic N) is 4. The molecule has 2 atom stereocenters. The maximum absolute atomic E-state index is 16.2. The summed E-state index contributed by atoms with van der Waals surface area (Å²) in [6.45, 7) is 5.35. The van der Waals surface area contributed by atoms with E-state index in [9.17, 15) is 25.4 Å². The van der Waals surface area contributed by atoms with Crippen molar-refractivity contribution < 1.29 is 24.5 Å². The highest BCUT2D eigenvalue weighted by molar-refractivity contribution is 6.30. The van der Waals surface area contributed by atoms with E-state index in [4.69, 9.17) is 11.6 Å². The number of nitriles is 1. The number of carbonyl (C=O) groups is 1. The minimum atomic E-state index is -2.24. The standard InChI is InChI=1S/C30H26ClFN4O4.C3H8/c1-3-29(39,26-15-35(2)17-34-26)22-11-24-27(25(32)12-22)30(40,21-6-8-23(31)9-7-21)36(28(24)38)14-19-5-4-18(13-33)10-20(19)16-37;1-3-2/h4-12,15,17,37,39-40H,3,14,16H2,1-2H3;3H2,1-2H3. The topological polar surface area (TPSA) is 123 Å². The molecular formula is C33H34ClFN4O4. The second-order valence-electron chi connectivity index (χ2n) is 10.5. The zero-order valence-corrected chi connectivity index (χ0v) is 25.2. The molecule has 0 aliphatic carbocycles. The van der Waals surface area contributed by atoms with Gasteiger partial charge in [-0.1, -0.05) is 57.0 Å². The third-order valence-electron chi connectivity index (χ3n) is 7.50. The van der Waals surface area contributed by atoms with Crippen LogP contribution < -0.4 is 0 Å². The molecule has 224 valence electrons. The molecule has 1 aliphatic rings. The van der Waals surface area contributed by atoms with Gasteiger partial charge in [0.05, 0.1) is 41.4 Å². The molecule has 0 saturated heterocycles. The van der Waals surface area contributed by atoms with Crippen molar-refractivity contribution in [1.29, 1.82) is 5.26 Å². The van der Waals surface area contributed by atoms with Crippen molar-refractivity contribution in [2.45, 2.75) is 58.1 Å². The number of aliphatic hydroxyl groups excluding tert-OH is 1. The number of amides is 1. The summed E-state index contributed by atoms with van der Waals surface area (Å²) in [7, 11) is 1.74. The molecule has 0 saturated carbocycles. The molecule has 5 rings (SSSR count). The van der Waals surface area contributed by atoms with E-state index in [0.717, 1.165) is 11.0 Å². The molecule has 0 bridgehead atoms. The number of hydrogen-bond acceptors (Lipinski definition) is 6. The number of imidazole rings is 1. The lowest BCUT2D eigenvalue weighted by Gasteiger charge is -2.35. The summed E-state index contributed by atoms with van der Waals surface area (Å²) in [5.74, 6) is -1.56. The highest BCUT2D eigenvalue weighted by Crippen LogP contribution is 2.47. The maximum Gasteiger partial charge on any atom is 0.257 e. The van der Waals surface area contributed by atoms with E-state index in [1.54, 1.807) is 30.8 Å². The monoisotopic (exact) mass is 604 g/mol. The van der Waals surface area contributed by atoms with Gasteiger partial charge in [-0.05, 0) is 59.5 Å². The average molecular weight is 605 g/mol. The number of rotatable bonds is 7. The molecule has 2 unspecified atom stereocenters. The fourth-order valence-electron chi connectivity index (χ4n) is 5.29. The van der Waals surface area contributed by atoms with Crippen LogP contribution in [0.2, 0.25) is 5.02 Å². The molecule has 43 heavy (non-hydrogen) atoms. The van der Waals surface area contributed by atoms with Gasteiger partial charge in [-0.25, -0.2) is 9.37 Å². The second kappa shape index (κ2) is 12.7. The highest BCUT2D eigenvalue weighted by Gasteiger charge is 2.53. The third kappa shape index (κ3) is 5.67. The lowest BCUT2D eigenvalue weighted by atomic mass is 9.84. The highest BCUT2D eigenvalue weighted by atomic mass is 35.5. The Morgan fingerprint density at radius 3 is 2.33 bits per heavy atom. The maximum atomic E-state index is 16.2. The van der Waals surface area contributed by atoms with Crippen molar-refractivity contribution in [3.63, 3.8) is 0 Å². The van der Waals surface area contributed by atoms with Crippen LogP contribution in [0.1, 0.15) is 83.0 Å². The predicted octanol–water partition coefficient (Wildman–Crippen LogP) is 5.49. The largest absolute Gasteiger partial charge is 0.392 e. The molecule has 3 N–H and O–H groups in total. The Morgan fingerprint density at radius 1 is 1.09 bits per heavy atom. The lowest BCUT2D eigenvalue weighted by molar-refractivity contribution is -0.0564. The molecule has 3 aromatic carbocycles. The molecule has 0 spiro atoms. The van der Waals surface area contributed by atoms with Crippen molar-refractivity contribution >= 4 is 17.5 Å². The van der Waals surface area contributed by atoms with Gasteiger partial charge in [0.25, 0.3) is 5.91 Å². The molecule has 10 heteroatoms. The van der Waals surface area contributed by atoms with Gasteiger partial charge in [0, 0.05) is 30.4 Å². The summed E-state index contributed by atoms with van der Waals surface area (Å²) in [5, 5.41) is 43.5. The van der Waals surface area contributed by atoms with E-state index in [1.807, 2.05) is 6.07 Å². The van der Waals surface area contributed by atoms with Crippen LogP contribution >= 0.6 is 11.6 Å². The van der Waals surface area contributed by atoms with Crippen LogP contribution in [0.4, 0.5) is 4.39 Å². The summed E-state index contributed by atoms with van der Waals surface area (Å²) in [6.07, 6.45) is 4.53. The zero-order valence-electron chi connectivity index (χ0n) is 24.5. The predicted molar refractivity (Wildman–Crippen MR) is 160 cm³/mol. The third-order valence-corrected chi connectivity index (χ3v) is 7.76. The Bertz CT molecular complexity index is 1680. The van der Waals surface area contributed by atoms with Crippen LogP contribution in [0.25, 0.3) is 0 Å². The molecule has 1 aliphatic heterocycles. The quantitative estimate of drug-likeness (QED) is 0.256. The van der Waals surface area contributed by atoms with Gasteiger partial charge >= 0.3 is 0 Å². The van der Waals surface area contributed by atoms with Gasteiger partial charge in [-0.3, -0.25) is 9.69 Å². The van der Waals surface area contributed by atoms with Gasteiger partial charge in [0.1, 0.15) is 11.4 Å². The number of aliphatic hydroxyl groups is 3. The molecular weight excluding hydrogens is 571 g/mol. The summed E-state index contributed by atoms with van der Waals surface area (Å²) >= 11 is 6.08. The number of aromatic nitrogens is 2. The minimum Gasteiger partial charge on any atom is -0.392 e. The van der Waals surface area contributed by atoms with Gasteiger partial charge in [-0.15, -0.1) is 0 Å². The first kappa shape index (κ1) is 31.9. The van der Waals surface area contributed by atoms with E-state index in [1.165, 1.54) is 55.2 Å². The smallest absolute Gasteiger partial charge is 0.257 e. The van der Waals surface area contributed by atoms with Gasteiger partial charge in [0.15, 0.2) is 5.72 Å². The average Bonchev–Trinajstić information content (AvgIpc) is 3.53. The van der Waals surface area contributed by atoms with Crippen LogP contribution in [0.3, 0.4) is 0 Å². The lowest BCUT2D eigenvalue weighted by Crippen LogP contribution is -2.44. The number of fused-ring (bicyclic) bond motifs is 1. The van der Waals surface area contributed by atoms with E-state index < -0.39 is 29.7 Å². The Hall–Kier alpha value is -4.07. The van der Waals surface area contributed by atoms with Gasteiger partial charge in [-0.2, -0.15) is 5.26 Å². The normalized spacial score (nSPS) is 17.1. The van der Waals surface area contributed by atoms with Crippen molar-refractivity contribution in [2.24, 2.45) is 7.05 Å². The SMILES string of the molecule is CCC.CCC(O)(c1cc(F)c2c(c1)C(=O)N(Cc1ccc(C#N)cc1CO)C2(O)c1ccc(Cl)cc1)c1cn(C)cn1. The van der Waals surface area contributed by atoms with Crippen LogP contribution in [0, 0.1) is 17.1 Å². The number of hydrogen-bond donors (Lipinski definition) is 3. The first-order valence-corrected chi connectivity index (χ1v) is 14.3. The molecule has 1 aromatic heterocycles. The van der Waals surface area contributed by atoms with E-state index in [2.05, 4.69) is 18.8 Å². The van der Waals surface area contributed by atoms with Crippen LogP contribution in [0.5, 0.6) is 0 Å². The molecule has 8 nitrogen and oxygen atoms in total. The summed E-state index contributed by atoms with van der Waals surface area (Å²) < 4.78 is 17.8. The summed E-state index contributed by atoms with van der Waals surface area (Å²) in [6, 6.07) is 15.2. The van der Waals surface area contributed by atoms with Crippen LogP contribution in [0.15, 0.2) is 67.1 Å². The fourth-order valence-corrected chi connectivity index (χ4v) is 5.42. The molecule has 4 aromatic rings. The van der Waals surface area contributed by atoms with Gasteiger partial charge in [0.2, 0.25) is 0 Å². The molecule has 2 heterocycles. The second-order valence-corrected chi connectivity index (χ2v) is 11.0.